The molecule has 1 aliphatic heterocycles. The van der Waals surface area contributed by atoms with Crippen molar-refractivity contribution in [3.05, 3.63) is 59.2 Å². The van der Waals surface area contributed by atoms with Crippen LogP contribution in [-0.2, 0) is 16.2 Å². The molecule has 1 aliphatic rings. The number of halogens is 3. The zero-order valence-corrected chi connectivity index (χ0v) is 18.6. The zero-order chi connectivity index (χ0) is 23.5. The number of carbonyl (C=O) groups is 1. The Morgan fingerprint density at radius 1 is 1.12 bits per heavy atom. The summed E-state index contributed by atoms with van der Waals surface area (Å²) in [6, 6.07) is 8.36. The van der Waals surface area contributed by atoms with E-state index in [0.29, 0.717) is 5.56 Å². The van der Waals surface area contributed by atoms with E-state index in [0.717, 1.165) is 38.1 Å². The summed E-state index contributed by atoms with van der Waals surface area (Å²) in [4.78, 5) is 12.5. The molecule has 3 N–H and O–H groups in total. The number of anilines is 1. The first-order valence-electron chi connectivity index (χ1n) is 10.3. The molecule has 1 atom stereocenters. The van der Waals surface area contributed by atoms with Crippen molar-refractivity contribution in [2.75, 3.05) is 18.4 Å². The number of hydrogen-bond acceptors (Lipinski definition) is 4. The summed E-state index contributed by atoms with van der Waals surface area (Å²) in [6.45, 7) is 5.12. The number of alkyl halides is 3. The van der Waals surface area contributed by atoms with Gasteiger partial charge in [-0.2, -0.15) is 13.2 Å². The fourth-order valence-corrected chi connectivity index (χ4v) is 5.21. The molecule has 32 heavy (non-hydrogen) atoms. The molecule has 0 aromatic heterocycles. The van der Waals surface area contributed by atoms with Crippen LogP contribution in [0.4, 0.5) is 18.9 Å². The van der Waals surface area contributed by atoms with Crippen LogP contribution in [0.1, 0.15) is 41.3 Å². The van der Waals surface area contributed by atoms with E-state index in [4.69, 9.17) is 0 Å². The molecule has 6 nitrogen and oxygen atoms in total. The maximum absolute atomic E-state index is 13.2. The van der Waals surface area contributed by atoms with E-state index in [1.807, 2.05) is 6.92 Å². The fourth-order valence-electron chi connectivity index (χ4n) is 3.81. The number of nitrogens with one attached hydrogen (secondary N) is 3. The maximum Gasteiger partial charge on any atom is 0.417 e. The standard InChI is InChI=1S/C22H26F3N3O3S/c1-14-13-17(32(30,31)28-15(2)16-9-11-26-12-10-16)7-8-20(14)27-21(29)18-5-3-4-6-19(18)22(23,24)25/h3-8,13,15-16,26,28H,9-12H2,1-2H3,(H,27,29). The van der Waals surface area contributed by atoms with Crippen LogP contribution in [0.2, 0.25) is 0 Å². The number of piperidine rings is 1. The van der Waals surface area contributed by atoms with Gasteiger partial charge in [0, 0.05) is 11.7 Å². The number of aryl methyl sites for hydroxylation is 1. The lowest BCUT2D eigenvalue weighted by Gasteiger charge is -2.28. The van der Waals surface area contributed by atoms with Crippen LogP contribution in [0.3, 0.4) is 0 Å². The Hall–Kier alpha value is -2.43. The number of benzene rings is 2. The molecule has 0 saturated carbocycles. The van der Waals surface area contributed by atoms with E-state index in [9.17, 15) is 26.4 Å². The smallest absolute Gasteiger partial charge is 0.322 e. The van der Waals surface area contributed by atoms with Gasteiger partial charge >= 0.3 is 6.18 Å². The van der Waals surface area contributed by atoms with Crippen LogP contribution < -0.4 is 15.4 Å². The molecule has 2 aromatic rings. The van der Waals surface area contributed by atoms with E-state index in [1.165, 1.54) is 30.3 Å². The van der Waals surface area contributed by atoms with Gasteiger partial charge in [0.05, 0.1) is 16.0 Å². The molecule has 174 valence electrons. The van der Waals surface area contributed by atoms with Crippen molar-refractivity contribution in [2.24, 2.45) is 5.92 Å². The summed E-state index contributed by atoms with van der Waals surface area (Å²) in [5.74, 6) is -0.686. The molecule has 10 heteroatoms. The molecule has 0 aliphatic carbocycles. The Labute approximate surface area is 185 Å². The maximum atomic E-state index is 13.2. The average molecular weight is 470 g/mol. The van der Waals surface area contributed by atoms with Crippen molar-refractivity contribution in [3.8, 4) is 0 Å². The van der Waals surface area contributed by atoms with Gasteiger partial charge in [-0.25, -0.2) is 13.1 Å². The van der Waals surface area contributed by atoms with E-state index < -0.39 is 33.2 Å². The van der Waals surface area contributed by atoms with E-state index in [1.54, 1.807) is 6.92 Å². The van der Waals surface area contributed by atoms with Gasteiger partial charge in [0.1, 0.15) is 0 Å². The molecule has 1 amide bonds. The minimum Gasteiger partial charge on any atom is -0.322 e. The lowest BCUT2D eigenvalue weighted by atomic mass is 9.92. The first-order valence-corrected chi connectivity index (χ1v) is 11.8. The summed E-state index contributed by atoms with van der Waals surface area (Å²) >= 11 is 0. The minimum atomic E-state index is -4.67. The summed E-state index contributed by atoms with van der Waals surface area (Å²) in [7, 11) is -3.79. The highest BCUT2D eigenvalue weighted by Gasteiger charge is 2.35. The van der Waals surface area contributed by atoms with Gasteiger partial charge in [-0.3, -0.25) is 4.79 Å². The second-order valence-corrected chi connectivity index (χ2v) is 9.69. The van der Waals surface area contributed by atoms with Crippen LogP contribution in [0.5, 0.6) is 0 Å². The highest BCUT2D eigenvalue weighted by molar-refractivity contribution is 7.89. The summed E-state index contributed by atoms with van der Waals surface area (Å²) in [5, 5.41) is 5.69. The molecule has 3 rings (SSSR count). The second-order valence-electron chi connectivity index (χ2n) is 7.97. The monoisotopic (exact) mass is 469 g/mol. The fraction of sp³-hybridized carbons (Fsp3) is 0.409. The molecule has 2 aromatic carbocycles. The van der Waals surface area contributed by atoms with Crippen LogP contribution in [0, 0.1) is 12.8 Å². The normalized spacial score (nSPS) is 16.5. The second kappa shape index (κ2) is 9.60. The first kappa shape index (κ1) is 24.2. The Bertz CT molecular complexity index is 1080. The molecule has 0 bridgehead atoms. The first-order chi connectivity index (χ1) is 15.0. The minimum absolute atomic E-state index is 0.0319. The summed E-state index contributed by atoms with van der Waals surface area (Å²) < 4.78 is 67.9. The van der Waals surface area contributed by atoms with Gasteiger partial charge in [-0.15, -0.1) is 0 Å². The van der Waals surface area contributed by atoms with E-state index in [-0.39, 0.29) is 22.5 Å². The van der Waals surface area contributed by atoms with Crippen LogP contribution in [0.25, 0.3) is 0 Å². The third-order valence-corrected chi connectivity index (χ3v) is 7.22. The molecule has 1 saturated heterocycles. The van der Waals surface area contributed by atoms with E-state index >= 15 is 0 Å². The Kier molecular flexibility index (Phi) is 7.26. The largest absolute Gasteiger partial charge is 0.417 e. The van der Waals surface area contributed by atoms with Gasteiger partial charge in [0.2, 0.25) is 10.0 Å². The number of hydrogen-bond donors (Lipinski definition) is 3. The molecule has 1 heterocycles. The molecule has 1 unspecified atom stereocenters. The number of amides is 1. The van der Waals surface area contributed by atoms with Crippen molar-refractivity contribution in [1.82, 2.24) is 10.0 Å². The lowest BCUT2D eigenvalue weighted by molar-refractivity contribution is -0.137. The average Bonchev–Trinajstić information content (AvgIpc) is 2.74. The van der Waals surface area contributed by atoms with Gasteiger partial charge < -0.3 is 10.6 Å². The third kappa shape index (κ3) is 5.67. The number of sulfonamides is 1. The van der Waals surface area contributed by atoms with Gasteiger partial charge in [-0.05, 0) is 81.6 Å². The van der Waals surface area contributed by atoms with Crippen molar-refractivity contribution in [2.45, 2.75) is 43.8 Å². The Morgan fingerprint density at radius 3 is 2.41 bits per heavy atom. The van der Waals surface area contributed by atoms with Crippen molar-refractivity contribution in [1.29, 1.82) is 0 Å². The highest BCUT2D eigenvalue weighted by Crippen LogP contribution is 2.32. The number of rotatable bonds is 6. The molecule has 0 radical (unpaired) electrons. The van der Waals surface area contributed by atoms with Gasteiger partial charge in [-0.1, -0.05) is 12.1 Å². The van der Waals surface area contributed by atoms with Crippen molar-refractivity contribution < 1.29 is 26.4 Å². The Morgan fingerprint density at radius 2 is 1.78 bits per heavy atom. The van der Waals surface area contributed by atoms with Gasteiger partial charge in [0.25, 0.3) is 5.91 Å². The zero-order valence-electron chi connectivity index (χ0n) is 17.8. The van der Waals surface area contributed by atoms with Crippen LogP contribution in [0.15, 0.2) is 47.4 Å². The van der Waals surface area contributed by atoms with Crippen LogP contribution >= 0.6 is 0 Å². The quantitative estimate of drug-likeness (QED) is 0.598. The predicted octanol–water partition coefficient (Wildman–Crippen LogP) is 3.93. The van der Waals surface area contributed by atoms with Crippen LogP contribution in [-0.4, -0.2) is 33.5 Å². The Balaban J connectivity index is 1.76. The van der Waals surface area contributed by atoms with Gasteiger partial charge in [0.15, 0.2) is 0 Å². The summed E-state index contributed by atoms with van der Waals surface area (Å²) in [5.41, 5.74) is -0.892. The van der Waals surface area contributed by atoms with Crippen molar-refractivity contribution >= 4 is 21.6 Å². The lowest BCUT2D eigenvalue weighted by Crippen LogP contribution is -2.42. The predicted molar refractivity (Wildman–Crippen MR) is 116 cm³/mol. The topological polar surface area (TPSA) is 87.3 Å². The third-order valence-electron chi connectivity index (χ3n) is 5.67. The van der Waals surface area contributed by atoms with E-state index in [2.05, 4.69) is 15.4 Å². The highest BCUT2D eigenvalue weighted by atomic mass is 32.2. The SMILES string of the molecule is Cc1cc(S(=O)(=O)NC(C)C2CCNCC2)ccc1NC(=O)c1ccccc1C(F)(F)F. The molecular formula is C22H26F3N3O3S. The molecule has 1 fully saturated rings. The molecule has 0 spiro atoms. The summed E-state index contributed by atoms with van der Waals surface area (Å²) in [6.07, 6.45) is -2.90. The van der Waals surface area contributed by atoms with Crippen molar-refractivity contribution in [3.63, 3.8) is 0 Å². The molecular weight excluding hydrogens is 443 g/mol. The number of carbonyl (C=O) groups excluding carboxylic acids is 1.